The molecule has 0 unspecified atom stereocenters. The smallest absolute Gasteiger partial charge is 0.387 e. The van der Waals surface area contributed by atoms with E-state index in [0.717, 1.165) is 0 Å². The molecule has 0 saturated heterocycles. The minimum Gasteiger partial charge on any atom is -0.493 e. The monoisotopic (exact) mass is 407 g/mol. The lowest BCUT2D eigenvalue weighted by atomic mass is 10.2. The fourth-order valence-electron chi connectivity index (χ4n) is 2.59. The molecule has 1 N–H and O–H groups in total. The van der Waals surface area contributed by atoms with Gasteiger partial charge in [0.2, 0.25) is 0 Å². The van der Waals surface area contributed by atoms with Gasteiger partial charge in [0, 0.05) is 16.7 Å². The van der Waals surface area contributed by atoms with E-state index in [-0.39, 0.29) is 17.1 Å². The number of aromatic nitrogens is 2. The summed E-state index contributed by atoms with van der Waals surface area (Å²) in [5, 5.41) is 7.59. The van der Waals surface area contributed by atoms with Gasteiger partial charge in [-0.2, -0.15) is 13.9 Å². The van der Waals surface area contributed by atoms with Crippen molar-refractivity contribution >= 4 is 23.3 Å². The van der Waals surface area contributed by atoms with Crippen LogP contribution in [0.3, 0.4) is 0 Å². The maximum atomic E-state index is 12.6. The Morgan fingerprint density at radius 3 is 2.64 bits per heavy atom. The first-order chi connectivity index (χ1) is 13.4. The largest absolute Gasteiger partial charge is 0.493 e. The van der Waals surface area contributed by atoms with Crippen molar-refractivity contribution in [2.75, 3.05) is 12.4 Å². The van der Waals surface area contributed by atoms with Crippen molar-refractivity contribution in [3.05, 3.63) is 64.8 Å². The van der Waals surface area contributed by atoms with Gasteiger partial charge < -0.3 is 14.8 Å². The summed E-state index contributed by atoms with van der Waals surface area (Å²) in [6.07, 6.45) is 0. The van der Waals surface area contributed by atoms with Crippen molar-refractivity contribution in [3.63, 3.8) is 0 Å². The lowest BCUT2D eigenvalue weighted by molar-refractivity contribution is -0.0512. The highest BCUT2D eigenvalue weighted by molar-refractivity contribution is 6.30. The maximum Gasteiger partial charge on any atom is 0.387 e. The van der Waals surface area contributed by atoms with Crippen LogP contribution >= 0.6 is 11.6 Å². The van der Waals surface area contributed by atoms with E-state index in [0.29, 0.717) is 22.2 Å². The second kappa shape index (κ2) is 8.26. The quantitative estimate of drug-likeness (QED) is 0.643. The van der Waals surface area contributed by atoms with Crippen LogP contribution in [0, 0.1) is 6.92 Å². The van der Waals surface area contributed by atoms with Crippen molar-refractivity contribution < 1.29 is 23.0 Å². The zero-order chi connectivity index (χ0) is 20.3. The molecule has 28 heavy (non-hydrogen) atoms. The van der Waals surface area contributed by atoms with Crippen LogP contribution in [0.5, 0.6) is 11.5 Å². The van der Waals surface area contributed by atoms with Crippen LogP contribution in [0.1, 0.15) is 16.1 Å². The third kappa shape index (κ3) is 4.40. The van der Waals surface area contributed by atoms with Crippen molar-refractivity contribution in [1.82, 2.24) is 9.78 Å². The molecular weight excluding hydrogens is 392 g/mol. The molecular formula is C19H16ClF2N3O3. The number of amides is 1. The topological polar surface area (TPSA) is 65.4 Å². The van der Waals surface area contributed by atoms with E-state index in [1.165, 1.54) is 30.0 Å². The average molecular weight is 408 g/mol. The zero-order valence-corrected chi connectivity index (χ0v) is 15.7. The molecule has 6 nitrogen and oxygen atoms in total. The van der Waals surface area contributed by atoms with Crippen molar-refractivity contribution in [2.24, 2.45) is 0 Å². The maximum absolute atomic E-state index is 12.6. The predicted molar refractivity (Wildman–Crippen MR) is 101 cm³/mol. The van der Waals surface area contributed by atoms with Gasteiger partial charge in [0.25, 0.3) is 5.91 Å². The number of benzene rings is 2. The first-order valence-electron chi connectivity index (χ1n) is 8.14. The number of hydrogen-bond donors (Lipinski definition) is 1. The second-order valence-electron chi connectivity index (χ2n) is 5.76. The number of halogens is 3. The molecule has 0 aliphatic heterocycles. The second-order valence-corrected chi connectivity index (χ2v) is 6.20. The van der Waals surface area contributed by atoms with Crippen molar-refractivity contribution in [2.45, 2.75) is 13.5 Å². The highest BCUT2D eigenvalue weighted by Crippen LogP contribution is 2.30. The number of nitrogens with one attached hydrogen (secondary N) is 1. The summed E-state index contributed by atoms with van der Waals surface area (Å²) in [7, 11) is 1.32. The van der Waals surface area contributed by atoms with E-state index in [9.17, 15) is 13.6 Å². The first-order valence-corrected chi connectivity index (χ1v) is 8.52. The number of aryl methyl sites for hydroxylation is 1. The number of nitrogens with zero attached hydrogens (tertiary/aromatic N) is 2. The van der Waals surface area contributed by atoms with Crippen LogP contribution in [-0.2, 0) is 0 Å². The van der Waals surface area contributed by atoms with E-state index < -0.39 is 12.5 Å². The summed E-state index contributed by atoms with van der Waals surface area (Å²) in [5.74, 6) is -0.261. The van der Waals surface area contributed by atoms with Crippen molar-refractivity contribution in [1.29, 1.82) is 0 Å². The normalized spacial score (nSPS) is 10.8. The number of methoxy groups -OCH3 is 1. The van der Waals surface area contributed by atoms with Crippen LogP contribution in [0.4, 0.5) is 14.6 Å². The number of anilines is 1. The number of carbonyl (C=O) groups excluding carboxylic acids is 1. The van der Waals surface area contributed by atoms with Gasteiger partial charge in [-0.1, -0.05) is 17.7 Å². The standard InChI is InChI=1S/C19H16ClF2N3O3/c1-11-8-17(25(24-11)14-5-3-4-13(20)10-14)23-18(26)12-6-7-15(27-2)16(9-12)28-19(21)22/h3-10,19H,1-2H3,(H,23,26). The highest BCUT2D eigenvalue weighted by atomic mass is 35.5. The Labute approximate surface area is 164 Å². The van der Waals surface area contributed by atoms with Gasteiger partial charge in [-0.25, -0.2) is 4.68 Å². The van der Waals surface area contributed by atoms with Crippen LogP contribution in [0.2, 0.25) is 5.02 Å². The molecule has 3 rings (SSSR count). The fourth-order valence-corrected chi connectivity index (χ4v) is 2.77. The van der Waals surface area contributed by atoms with Crippen LogP contribution in [0.25, 0.3) is 5.69 Å². The summed E-state index contributed by atoms with van der Waals surface area (Å²) in [6, 6.07) is 12.7. The number of rotatable bonds is 6. The Hall–Kier alpha value is -3.13. The summed E-state index contributed by atoms with van der Waals surface area (Å²) in [4.78, 5) is 12.6. The zero-order valence-electron chi connectivity index (χ0n) is 14.9. The SMILES string of the molecule is COc1ccc(C(=O)Nc2cc(C)nn2-c2cccc(Cl)c2)cc1OC(F)F. The molecule has 1 aromatic heterocycles. The minimum atomic E-state index is -3.04. The Balaban J connectivity index is 1.90. The van der Waals surface area contributed by atoms with Gasteiger partial charge in [-0.15, -0.1) is 0 Å². The minimum absolute atomic E-state index is 0.0941. The molecule has 0 atom stereocenters. The van der Waals surface area contributed by atoms with E-state index in [1.807, 2.05) is 0 Å². The highest BCUT2D eigenvalue weighted by Gasteiger charge is 2.17. The Kier molecular flexibility index (Phi) is 5.79. The fraction of sp³-hybridized carbons (Fsp3) is 0.158. The van der Waals surface area contributed by atoms with Gasteiger partial charge in [-0.3, -0.25) is 4.79 Å². The third-order valence-electron chi connectivity index (χ3n) is 3.77. The molecule has 0 spiro atoms. The van der Waals surface area contributed by atoms with Crippen molar-refractivity contribution in [3.8, 4) is 17.2 Å². The number of carbonyl (C=O) groups is 1. The molecule has 2 aromatic carbocycles. The Morgan fingerprint density at radius 2 is 1.96 bits per heavy atom. The van der Waals surface area contributed by atoms with Gasteiger partial charge in [-0.05, 0) is 43.3 Å². The number of ether oxygens (including phenoxy) is 2. The lowest BCUT2D eigenvalue weighted by Gasteiger charge is -2.12. The summed E-state index contributed by atoms with van der Waals surface area (Å²) < 4.78 is 36.1. The number of hydrogen-bond acceptors (Lipinski definition) is 4. The molecule has 0 bridgehead atoms. The average Bonchev–Trinajstić information content (AvgIpc) is 3.01. The first kappa shape index (κ1) is 19.6. The summed E-state index contributed by atoms with van der Waals surface area (Å²) in [6.45, 7) is -1.27. The van der Waals surface area contributed by atoms with Gasteiger partial charge in [0.05, 0.1) is 18.5 Å². The molecule has 9 heteroatoms. The summed E-state index contributed by atoms with van der Waals surface area (Å²) in [5.41, 5.74) is 1.45. The molecule has 0 saturated carbocycles. The third-order valence-corrected chi connectivity index (χ3v) is 4.00. The van der Waals surface area contributed by atoms with E-state index in [4.69, 9.17) is 16.3 Å². The Bertz CT molecular complexity index is 1010. The molecule has 146 valence electrons. The molecule has 3 aromatic rings. The van der Waals surface area contributed by atoms with E-state index in [1.54, 1.807) is 37.3 Å². The lowest BCUT2D eigenvalue weighted by Crippen LogP contribution is -2.15. The molecule has 0 aliphatic carbocycles. The molecule has 1 heterocycles. The predicted octanol–water partition coefficient (Wildman–Crippen LogP) is 4.70. The number of alkyl halides is 2. The van der Waals surface area contributed by atoms with Crippen LogP contribution in [-0.4, -0.2) is 29.4 Å². The van der Waals surface area contributed by atoms with Crippen LogP contribution in [0.15, 0.2) is 48.5 Å². The van der Waals surface area contributed by atoms with Gasteiger partial charge >= 0.3 is 6.61 Å². The van der Waals surface area contributed by atoms with Gasteiger partial charge in [0.15, 0.2) is 11.5 Å². The van der Waals surface area contributed by atoms with E-state index in [2.05, 4.69) is 15.2 Å². The summed E-state index contributed by atoms with van der Waals surface area (Å²) >= 11 is 6.03. The van der Waals surface area contributed by atoms with E-state index >= 15 is 0 Å². The van der Waals surface area contributed by atoms with Gasteiger partial charge in [0.1, 0.15) is 5.82 Å². The molecule has 1 amide bonds. The molecule has 0 fully saturated rings. The molecule has 0 aliphatic rings. The Morgan fingerprint density at radius 1 is 1.18 bits per heavy atom. The van der Waals surface area contributed by atoms with Crippen LogP contribution < -0.4 is 14.8 Å². The molecule has 0 radical (unpaired) electrons.